The number of aryl methyl sites for hydroxylation is 1. The molecule has 0 aromatic carbocycles. The molecule has 0 aliphatic carbocycles. The van der Waals surface area contributed by atoms with Crippen LogP contribution in [0.3, 0.4) is 0 Å². The van der Waals surface area contributed by atoms with Crippen LogP contribution in [0.2, 0.25) is 0 Å². The fraction of sp³-hybridized carbons (Fsp3) is 0.600. The van der Waals surface area contributed by atoms with Crippen LogP contribution in [0.1, 0.15) is 43.2 Å². The Labute approximate surface area is 121 Å². The molecule has 0 spiro atoms. The molecule has 20 heavy (non-hydrogen) atoms. The Morgan fingerprint density at radius 1 is 1.35 bits per heavy atom. The summed E-state index contributed by atoms with van der Waals surface area (Å²) < 4.78 is 5.31. The molecule has 1 heterocycles. The Bertz CT molecular complexity index is 435. The molecular formula is C15H25N3O2. The van der Waals surface area contributed by atoms with Crippen molar-refractivity contribution in [2.24, 2.45) is 0 Å². The first-order chi connectivity index (χ1) is 9.62. The molecule has 1 rings (SSSR count). The summed E-state index contributed by atoms with van der Waals surface area (Å²) in [6.45, 7) is 8.44. The van der Waals surface area contributed by atoms with Gasteiger partial charge in [0.25, 0.3) is 5.91 Å². The van der Waals surface area contributed by atoms with E-state index in [2.05, 4.69) is 11.9 Å². The number of aromatic nitrogens is 1. The predicted octanol–water partition coefficient (Wildman–Crippen LogP) is 2.11. The number of rotatable bonds is 8. The number of nitrogens with two attached hydrogens (primary N) is 1. The van der Waals surface area contributed by atoms with Crippen LogP contribution in [0, 0.1) is 0 Å². The van der Waals surface area contributed by atoms with Crippen LogP contribution in [0.4, 0.5) is 5.82 Å². The van der Waals surface area contributed by atoms with Crippen LogP contribution >= 0.6 is 0 Å². The highest BCUT2D eigenvalue weighted by Gasteiger charge is 2.15. The van der Waals surface area contributed by atoms with E-state index < -0.39 is 0 Å². The normalized spacial score (nSPS) is 10.6. The highest BCUT2D eigenvalue weighted by Crippen LogP contribution is 2.12. The Hall–Kier alpha value is -1.62. The molecule has 2 N–H and O–H groups in total. The first-order valence-corrected chi connectivity index (χ1v) is 7.25. The van der Waals surface area contributed by atoms with E-state index in [4.69, 9.17) is 10.5 Å². The van der Waals surface area contributed by atoms with Crippen molar-refractivity contribution in [2.75, 3.05) is 32.0 Å². The van der Waals surface area contributed by atoms with E-state index in [0.717, 1.165) is 18.5 Å². The van der Waals surface area contributed by atoms with Gasteiger partial charge in [-0.3, -0.25) is 4.79 Å². The number of carbonyl (C=O) groups is 1. The molecule has 1 amide bonds. The van der Waals surface area contributed by atoms with Crippen molar-refractivity contribution in [3.05, 3.63) is 23.4 Å². The fourth-order valence-electron chi connectivity index (χ4n) is 2.02. The molecule has 0 atom stereocenters. The number of hydrogen-bond acceptors (Lipinski definition) is 4. The van der Waals surface area contributed by atoms with Crippen LogP contribution in [-0.4, -0.2) is 42.1 Å². The van der Waals surface area contributed by atoms with E-state index in [-0.39, 0.29) is 5.91 Å². The fourth-order valence-corrected chi connectivity index (χ4v) is 2.02. The summed E-state index contributed by atoms with van der Waals surface area (Å²) >= 11 is 0. The minimum atomic E-state index is -0.0151. The number of nitrogens with zero attached hydrogens (tertiary/aromatic N) is 2. The summed E-state index contributed by atoms with van der Waals surface area (Å²) in [5.41, 5.74) is 7.27. The molecule has 5 nitrogen and oxygen atoms in total. The van der Waals surface area contributed by atoms with Gasteiger partial charge >= 0.3 is 0 Å². The second kappa shape index (κ2) is 8.53. The maximum atomic E-state index is 12.5. The summed E-state index contributed by atoms with van der Waals surface area (Å²) in [6, 6.07) is 3.48. The number of hydrogen-bond donors (Lipinski definition) is 1. The number of anilines is 1. The third kappa shape index (κ3) is 4.81. The molecule has 0 aliphatic heterocycles. The molecule has 0 bridgehead atoms. The molecule has 0 fully saturated rings. The third-order valence-corrected chi connectivity index (χ3v) is 3.03. The Kier molecular flexibility index (Phi) is 7.01. The maximum absolute atomic E-state index is 12.5. The van der Waals surface area contributed by atoms with E-state index in [0.29, 0.717) is 37.7 Å². The van der Waals surface area contributed by atoms with Crippen LogP contribution in [0.5, 0.6) is 0 Å². The standard InChI is InChI=1S/C15H25N3O2/c1-4-7-13-10-12(11-14(16)17-13)15(19)18(5-2)8-9-20-6-3/h10-11H,4-9H2,1-3H3,(H2,16,17). The zero-order chi connectivity index (χ0) is 15.0. The van der Waals surface area contributed by atoms with Crippen molar-refractivity contribution in [3.8, 4) is 0 Å². The lowest BCUT2D eigenvalue weighted by Crippen LogP contribution is -2.34. The van der Waals surface area contributed by atoms with Gasteiger partial charge in [0.05, 0.1) is 6.61 Å². The van der Waals surface area contributed by atoms with E-state index in [1.807, 2.05) is 19.9 Å². The maximum Gasteiger partial charge on any atom is 0.254 e. The number of pyridine rings is 1. The van der Waals surface area contributed by atoms with Gasteiger partial charge in [-0.25, -0.2) is 4.98 Å². The second-order valence-corrected chi connectivity index (χ2v) is 4.60. The molecule has 112 valence electrons. The first-order valence-electron chi connectivity index (χ1n) is 7.25. The Morgan fingerprint density at radius 3 is 2.70 bits per heavy atom. The monoisotopic (exact) mass is 279 g/mol. The van der Waals surface area contributed by atoms with Gasteiger partial charge in [0.2, 0.25) is 0 Å². The highest BCUT2D eigenvalue weighted by molar-refractivity contribution is 5.95. The summed E-state index contributed by atoms with van der Waals surface area (Å²) in [4.78, 5) is 18.5. The Balaban J connectivity index is 2.82. The number of likely N-dealkylation sites (N-methyl/N-ethyl adjacent to an activating group) is 1. The van der Waals surface area contributed by atoms with Crippen LogP contribution in [-0.2, 0) is 11.2 Å². The summed E-state index contributed by atoms with van der Waals surface area (Å²) in [5, 5.41) is 0. The molecule has 0 unspecified atom stereocenters. The van der Waals surface area contributed by atoms with E-state index >= 15 is 0 Å². The van der Waals surface area contributed by atoms with Gasteiger partial charge in [-0.15, -0.1) is 0 Å². The molecule has 0 saturated heterocycles. The molecular weight excluding hydrogens is 254 g/mol. The lowest BCUT2D eigenvalue weighted by molar-refractivity contribution is 0.0669. The van der Waals surface area contributed by atoms with Crippen molar-refractivity contribution in [2.45, 2.75) is 33.6 Å². The van der Waals surface area contributed by atoms with Gasteiger partial charge in [-0.05, 0) is 32.4 Å². The number of amides is 1. The second-order valence-electron chi connectivity index (χ2n) is 4.60. The van der Waals surface area contributed by atoms with Gasteiger partial charge in [0.1, 0.15) is 5.82 Å². The van der Waals surface area contributed by atoms with Crippen molar-refractivity contribution in [1.82, 2.24) is 9.88 Å². The van der Waals surface area contributed by atoms with Crippen molar-refractivity contribution in [3.63, 3.8) is 0 Å². The quantitative estimate of drug-likeness (QED) is 0.740. The largest absolute Gasteiger partial charge is 0.384 e. The third-order valence-electron chi connectivity index (χ3n) is 3.03. The van der Waals surface area contributed by atoms with E-state index in [1.54, 1.807) is 11.0 Å². The zero-order valence-electron chi connectivity index (χ0n) is 12.7. The summed E-state index contributed by atoms with van der Waals surface area (Å²) in [7, 11) is 0. The van der Waals surface area contributed by atoms with Crippen LogP contribution < -0.4 is 5.73 Å². The van der Waals surface area contributed by atoms with Gasteiger partial charge in [0.15, 0.2) is 0 Å². The lowest BCUT2D eigenvalue weighted by atomic mass is 10.1. The minimum absolute atomic E-state index is 0.0151. The topological polar surface area (TPSA) is 68.5 Å². The average Bonchev–Trinajstić information content (AvgIpc) is 2.43. The molecule has 0 saturated carbocycles. The van der Waals surface area contributed by atoms with Crippen molar-refractivity contribution >= 4 is 11.7 Å². The van der Waals surface area contributed by atoms with Crippen LogP contribution in [0.25, 0.3) is 0 Å². The van der Waals surface area contributed by atoms with Crippen LogP contribution in [0.15, 0.2) is 12.1 Å². The highest BCUT2D eigenvalue weighted by atomic mass is 16.5. The SMILES string of the molecule is CCCc1cc(C(=O)N(CC)CCOCC)cc(N)n1. The van der Waals surface area contributed by atoms with Gasteiger partial charge in [-0.1, -0.05) is 13.3 Å². The zero-order valence-corrected chi connectivity index (χ0v) is 12.7. The molecule has 1 aromatic rings. The Morgan fingerprint density at radius 2 is 2.10 bits per heavy atom. The van der Waals surface area contributed by atoms with Crippen molar-refractivity contribution in [1.29, 1.82) is 0 Å². The van der Waals surface area contributed by atoms with Gasteiger partial charge in [-0.2, -0.15) is 0 Å². The first kappa shape index (κ1) is 16.4. The van der Waals surface area contributed by atoms with E-state index in [1.165, 1.54) is 0 Å². The number of nitrogen functional groups attached to an aromatic ring is 1. The molecule has 0 aliphatic rings. The average molecular weight is 279 g/mol. The molecule has 0 radical (unpaired) electrons. The minimum Gasteiger partial charge on any atom is -0.384 e. The molecule has 1 aromatic heterocycles. The summed E-state index contributed by atoms with van der Waals surface area (Å²) in [6.07, 6.45) is 1.81. The van der Waals surface area contributed by atoms with E-state index in [9.17, 15) is 4.79 Å². The molecule has 5 heteroatoms. The summed E-state index contributed by atoms with van der Waals surface area (Å²) in [5.74, 6) is 0.388. The predicted molar refractivity (Wildman–Crippen MR) is 80.7 cm³/mol. The lowest BCUT2D eigenvalue weighted by Gasteiger charge is -2.21. The number of ether oxygens (including phenoxy) is 1. The smallest absolute Gasteiger partial charge is 0.254 e. The van der Waals surface area contributed by atoms with Gasteiger partial charge < -0.3 is 15.4 Å². The van der Waals surface area contributed by atoms with Crippen molar-refractivity contribution < 1.29 is 9.53 Å². The number of carbonyl (C=O) groups excluding carboxylic acids is 1. The van der Waals surface area contributed by atoms with Gasteiger partial charge in [0, 0.05) is 31.0 Å².